The molecule has 0 unspecified atom stereocenters. The Bertz CT molecular complexity index is 431. The number of carbonyl (C=O) groups is 1. The van der Waals surface area contributed by atoms with Crippen LogP contribution in [0.15, 0.2) is 17.7 Å². The first kappa shape index (κ1) is 10.5. The molecule has 0 atom stereocenters. The number of fused-ring (bicyclic) bond motifs is 1. The van der Waals surface area contributed by atoms with E-state index in [0.717, 1.165) is 29.8 Å². The van der Waals surface area contributed by atoms with E-state index in [4.69, 9.17) is 11.6 Å². The van der Waals surface area contributed by atoms with Gasteiger partial charge in [0.2, 0.25) is 0 Å². The van der Waals surface area contributed by atoms with Crippen molar-refractivity contribution in [1.82, 2.24) is 4.57 Å². The largest absolute Gasteiger partial charge is 0.343 e. The zero-order chi connectivity index (χ0) is 11.0. The molecule has 0 saturated heterocycles. The Balaban J connectivity index is 2.46. The average Bonchev–Trinajstić information content (AvgIpc) is 2.45. The van der Waals surface area contributed by atoms with Crippen molar-refractivity contribution in [3.05, 3.63) is 34.6 Å². The minimum absolute atomic E-state index is 0.262. The molecule has 0 aliphatic heterocycles. The van der Waals surface area contributed by atoms with Crippen LogP contribution in [0.2, 0.25) is 0 Å². The van der Waals surface area contributed by atoms with Crippen LogP contribution in [0.1, 0.15) is 34.6 Å². The SMILES string of the molecule is C=C(Cl)Cn1c(C)cc2c1CCCC2=O. The van der Waals surface area contributed by atoms with Crippen molar-refractivity contribution >= 4 is 17.4 Å². The predicted molar refractivity (Wildman–Crippen MR) is 61.4 cm³/mol. The van der Waals surface area contributed by atoms with Crippen molar-refractivity contribution in [2.75, 3.05) is 0 Å². The maximum Gasteiger partial charge on any atom is 0.164 e. The molecule has 0 amide bonds. The molecular formula is C12H14ClNO. The van der Waals surface area contributed by atoms with E-state index in [9.17, 15) is 4.79 Å². The Kier molecular flexibility index (Phi) is 2.70. The second-order valence-corrected chi connectivity index (χ2v) is 4.56. The first-order valence-electron chi connectivity index (χ1n) is 5.15. The molecular weight excluding hydrogens is 210 g/mol. The summed E-state index contributed by atoms with van der Waals surface area (Å²) in [5.74, 6) is 0.262. The Hall–Kier alpha value is -1.02. The molecule has 2 rings (SSSR count). The number of aryl methyl sites for hydroxylation is 1. The fourth-order valence-corrected chi connectivity index (χ4v) is 2.30. The third kappa shape index (κ3) is 1.86. The lowest BCUT2D eigenvalue weighted by Crippen LogP contribution is -2.13. The van der Waals surface area contributed by atoms with Gasteiger partial charge in [-0.3, -0.25) is 4.79 Å². The molecule has 0 N–H and O–H groups in total. The highest BCUT2D eigenvalue weighted by atomic mass is 35.5. The van der Waals surface area contributed by atoms with Crippen LogP contribution in [-0.2, 0) is 13.0 Å². The van der Waals surface area contributed by atoms with Gasteiger partial charge in [-0.1, -0.05) is 18.2 Å². The fraction of sp³-hybridized carbons (Fsp3) is 0.417. The summed E-state index contributed by atoms with van der Waals surface area (Å²) in [4.78, 5) is 11.7. The maximum atomic E-state index is 11.7. The van der Waals surface area contributed by atoms with E-state index in [-0.39, 0.29) is 5.78 Å². The smallest absolute Gasteiger partial charge is 0.164 e. The van der Waals surface area contributed by atoms with Crippen LogP contribution in [0, 0.1) is 6.92 Å². The van der Waals surface area contributed by atoms with Crippen molar-refractivity contribution < 1.29 is 4.79 Å². The zero-order valence-corrected chi connectivity index (χ0v) is 9.60. The first-order valence-corrected chi connectivity index (χ1v) is 5.53. The number of hydrogen-bond donors (Lipinski definition) is 0. The molecule has 1 aromatic heterocycles. The van der Waals surface area contributed by atoms with Crippen LogP contribution in [0.5, 0.6) is 0 Å². The summed E-state index contributed by atoms with van der Waals surface area (Å²) in [5, 5.41) is 0.606. The van der Waals surface area contributed by atoms with Gasteiger partial charge in [0.25, 0.3) is 0 Å². The van der Waals surface area contributed by atoms with Gasteiger partial charge in [-0.2, -0.15) is 0 Å². The summed E-state index contributed by atoms with van der Waals surface area (Å²) in [7, 11) is 0. The van der Waals surface area contributed by atoms with Gasteiger partial charge in [-0.15, -0.1) is 0 Å². The number of nitrogens with zero attached hydrogens (tertiary/aromatic N) is 1. The molecule has 0 saturated carbocycles. The minimum Gasteiger partial charge on any atom is -0.343 e. The molecule has 80 valence electrons. The lowest BCUT2D eigenvalue weighted by Gasteiger charge is -2.15. The highest BCUT2D eigenvalue weighted by molar-refractivity contribution is 6.29. The lowest BCUT2D eigenvalue weighted by atomic mass is 9.97. The van der Waals surface area contributed by atoms with Crippen molar-refractivity contribution in [2.24, 2.45) is 0 Å². The van der Waals surface area contributed by atoms with Crippen molar-refractivity contribution in [2.45, 2.75) is 32.7 Å². The number of halogens is 1. The highest BCUT2D eigenvalue weighted by Gasteiger charge is 2.22. The fourth-order valence-electron chi connectivity index (χ4n) is 2.18. The van der Waals surface area contributed by atoms with Crippen molar-refractivity contribution in [1.29, 1.82) is 0 Å². The Morgan fingerprint density at radius 2 is 2.33 bits per heavy atom. The molecule has 0 fully saturated rings. The van der Waals surface area contributed by atoms with Crippen LogP contribution in [0.25, 0.3) is 0 Å². The van der Waals surface area contributed by atoms with Gasteiger partial charge in [-0.25, -0.2) is 0 Å². The van der Waals surface area contributed by atoms with Crippen molar-refractivity contribution in [3.8, 4) is 0 Å². The molecule has 0 spiro atoms. The van der Waals surface area contributed by atoms with E-state index >= 15 is 0 Å². The number of hydrogen-bond acceptors (Lipinski definition) is 1. The van der Waals surface area contributed by atoms with Gasteiger partial charge in [0.15, 0.2) is 5.78 Å². The molecule has 3 heteroatoms. The number of allylic oxidation sites excluding steroid dienone is 1. The number of carbonyl (C=O) groups excluding carboxylic acids is 1. The lowest BCUT2D eigenvalue weighted by molar-refractivity contribution is 0.0972. The molecule has 1 aromatic rings. The van der Waals surface area contributed by atoms with E-state index in [2.05, 4.69) is 11.1 Å². The topological polar surface area (TPSA) is 22.0 Å². The van der Waals surface area contributed by atoms with Crippen LogP contribution < -0.4 is 0 Å². The Morgan fingerprint density at radius 3 is 3.00 bits per heavy atom. The van der Waals surface area contributed by atoms with Crippen LogP contribution in [0.4, 0.5) is 0 Å². The van der Waals surface area contributed by atoms with E-state index in [1.54, 1.807) is 0 Å². The van der Waals surface area contributed by atoms with Gasteiger partial charge in [0.05, 0.1) is 6.54 Å². The second kappa shape index (κ2) is 3.86. The summed E-state index contributed by atoms with van der Waals surface area (Å²) in [6.07, 6.45) is 2.60. The number of ketones is 1. The van der Waals surface area contributed by atoms with Gasteiger partial charge < -0.3 is 4.57 Å². The number of aromatic nitrogens is 1. The molecule has 15 heavy (non-hydrogen) atoms. The molecule has 0 bridgehead atoms. The van der Waals surface area contributed by atoms with Gasteiger partial charge in [0.1, 0.15) is 0 Å². The van der Waals surface area contributed by atoms with Crippen molar-refractivity contribution in [3.63, 3.8) is 0 Å². The molecule has 2 nitrogen and oxygen atoms in total. The molecule has 0 radical (unpaired) electrons. The quantitative estimate of drug-likeness (QED) is 0.755. The van der Waals surface area contributed by atoms with Gasteiger partial charge in [-0.05, 0) is 25.8 Å². The molecule has 1 heterocycles. The van der Waals surface area contributed by atoms with E-state index in [1.165, 1.54) is 0 Å². The normalized spacial score (nSPS) is 15.2. The zero-order valence-electron chi connectivity index (χ0n) is 8.85. The summed E-state index contributed by atoms with van der Waals surface area (Å²) in [5.41, 5.74) is 3.11. The van der Waals surface area contributed by atoms with Crippen LogP contribution >= 0.6 is 11.6 Å². The summed E-state index contributed by atoms with van der Waals surface area (Å²) in [6.45, 7) is 6.31. The van der Waals surface area contributed by atoms with E-state index < -0.39 is 0 Å². The monoisotopic (exact) mass is 223 g/mol. The summed E-state index contributed by atoms with van der Waals surface area (Å²) in [6, 6.07) is 1.97. The summed E-state index contributed by atoms with van der Waals surface area (Å²) < 4.78 is 2.10. The minimum atomic E-state index is 0.262. The van der Waals surface area contributed by atoms with Gasteiger partial charge in [0, 0.05) is 28.4 Å². The van der Waals surface area contributed by atoms with E-state index in [1.807, 2.05) is 13.0 Å². The highest BCUT2D eigenvalue weighted by Crippen LogP contribution is 2.25. The Labute approximate surface area is 94.5 Å². The number of Topliss-reactive ketones (excluding diaryl/α,β-unsaturated/α-hetero) is 1. The first-order chi connectivity index (χ1) is 7.09. The molecule has 1 aliphatic rings. The molecule has 0 aromatic carbocycles. The molecule has 1 aliphatic carbocycles. The Morgan fingerprint density at radius 1 is 1.60 bits per heavy atom. The van der Waals surface area contributed by atoms with Crippen LogP contribution in [0.3, 0.4) is 0 Å². The van der Waals surface area contributed by atoms with Crippen LogP contribution in [-0.4, -0.2) is 10.4 Å². The van der Waals surface area contributed by atoms with Gasteiger partial charge >= 0.3 is 0 Å². The number of rotatable bonds is 2. The standard InChI is InChI=1S/C12H14ClNO/c1-8(13)7-14-9(2)6-10-11(14)4-3-5-12(10)15/h6H,1,3-5,7H2,2H3. The maximum absolute atomic E-state index is 11.7. The second-order valence-electron chi connectivity index (χ2n) is 4.03. The summed E-state index contributed by atoms with van der Waals surface area (Å²) >= 11 is 5.82. The van der Waals surface area contributed by atoms with E-state index in [0.29, 0.717) is 18.0 Å². The third-order valence-corrected chi connectivity index (χ3v) is 2.98. The third-order valence-electron chi connectivity index (χ3n) is 2.86. The predicted octanol–water partition coefficient (Wildman–Crippen LogP) is 3.07. The average molecular weight is 224 g/mol.